The fourth-order valence-electron chi connectivity index (χ4n) is 1.28. The van der Waals surface area contributed by atoms with Gasteiger partial charge in [0.25, 0.3) is 0 Å². The van der Waals surface area contributed by atoms with E-state index in [-0.39, 0.29) is 6.42 Å². The number of carboxylic acid groups (broad SMARTS) is 1. The Labute approximate surface area is 101 Å². The van der Waals surface area contributed by atoms with E-state index in [1.807, 2.05) is 12.3 Å². The second-order valence-electron chi connectivity index (χ2n) is 3.36. The minimum atomic E-state index is -0.845. The molecule has 0 aliphatic heterocycles. The van der Waals surface area contributed by atoms with E-state index in [4.69, 9.17) is 5.11 Å². The van der Waals surface area contributed by atoms with E-state index in [2.05, 4.69) is 9.97 Å². The molecule has 0 amide bonds. The number of aromatic nitrogens is 2. The Morgan fingerprint density at radius 1 is 1.31 bits per heavy atom. The van der Waals surface area contributed by atoms with Crippen molar-refractivity contribution in [2.24, 2.45) is 0 Å². The number of thiazole rings is 2. The first kappa shape index (κ1) is 11.2. The third kappa shape index (κ3) is 2.86. The zero-order valence-electron chi connectivity index (χ0n) is 8.64. The number of nitrogens with zero attached hydrogens (tertiary/aromatic N) is 2. The highest BCUT2D eigenvalue weighted by Crippen LogP contribution is 2.17. The van der Waals surface area contributed by atoms with Crippen LogP contribution in [0, 0.1) is 6.92 Å². The van der Waals surface area contributed by atoms with E-state index in [9.17, 15) is 4.79 Å². The highest BCUT2D eigenvalue weighted by molar-refractivity contribution is 7.11. The SMILES string of the molecule is Cc1csc(Cc2nc(CC(=O)O)cs2)n1. The zero-order chi connectivity index (χ0) is 11.5. The number of carboxylic acids is 1. The number of aryl methyl sites for hydroxylation is 1. The fraction of sp³-hybridized carbons (Fsp3) is 0.300. The molecule has 1 N–H and O–H groups in total. The van der Waals surface area contributed by atoms with Crippen molar-refractivity contribution in [3.8, 4) is 0 Å². The Hall–Kier alpha value is -1.27. The van der Waals surface area contributed by atoms with Crippen LogP contribution in [0.4, 0.5) is 0 Å². The highest BCUT2D eigenvalue weighted by atomic mass is 32.1. The summed E-state index contributed by atoms with van der Waals surface area (Å²) in [5, 5.41) is 14.4. The van der Waals surface area contributed by atoms with Gasteiger partial charge >= 0.3 is 5.97 Å². The lowest BCUT2D eigenvalue weighted by Crippen LogP contribution is -2.00. The quantitative estimate of drug-likeness (QED) is 0.907. The molecule has 84 valence electrons. The van der Waals surface area contributed by atoms with E-state index < -0.39 is 5.97 Å². The summed E-state index contributed by atoms with van der Waals surface area (Å²) in [6.07, 6.45) is 0.691. The maximum Gasteiger partial charge on any atom is 0.309 e. The molecule has 0 bridgehead atoms. The predicted octanol–water partition coefficient (Wildman–Crippen LogP) is 2.13. The molecule has 0 saturated heterocycles. The summed E-state index contributed by atoms with van der Waals surface area (Å²) in [6, 6.07) is 0. The first-order valence-electron chi connectivity index (χ1n) is 4.69. The first-order chi connectivity index (χ1) is 7.63. The third-order valence-electron chi connectivity index (χ3n) is 1.90. The van der Waals surface area contributed by atoms with Crippen LogP contribution in [0.15, 0.2) is 10.8 Å². The summed E-state index contributed by atoms with van der Waals surface area (Å²) in [6.45, 7) is 1.96. The average molecular weight is 254 g/mol. The van der Waals surface area contributed by atoms with E-state index in [0.717, 1.165) is 15.7 Å². The topological polar surface area (TPSA) is 63.1 Å². The molecule has 2 aromatic heterocycles. The Morgan fingerprint density at radius 3 is 2.62 bits per heavy atom. The molecule has 2 rings (SSSR count). The van der Waals surface area contributed by atoms with Crippen LogP contribution in [0.25, 0.3) is 0 Å². The molecule has 0 aliphatic rings. The smallest absolute Gasteiger partial charge is 0.309 e. The average Bonchev–Trinajstić information content (AvgIpc) is 2.76. The summed E-state index contributed by atoms with van der Waals surface area (Å²) in [5.74, 6) is -0.845. The lowest BCUT2D eigenvalue weighted by atomic mass is 10.3. The van der Waals surface area contributed by atoms with Crippen molar-refractivity contribution in [1.82, 2.24) is 9.97 Å². The van der Waals surface area contributed by atoms with Crippen molar-refractivity contribution in [1.29, 1.82) is 0 Å². The van der Waals surface area contributed by atoms with Gasteiger partial charge in [0.1, 0.15) is 0 Å². The standard InChI is InChI=1S/C10H10N2O2S2/c1-6-4-15-8(11-6)3-9-12-7(5-16-9)2-10(13)14/h4-5H,2-3H2,1H3,(H,13,14). The van der Waals surface area contributed by atoms with E-state index >= 15 is 0 Å². The van der Waals surface area contributed by atoms with Crippen molar-refractivity contribution in [3.63, 3.8) is 0 Å². The lowest BCUT2D eigenvalue weighted by molar-refractivity contribution is -0.136. The van der Waals surface area contributed by atoms with Gasteiger partial charge in [0.2, 0.25) is 0 Å². The van der Waals surface area contributed by atoms with Crippen molar-refractivity contribution >= 4 is 28.6 Å². The second-order valence-corrected chi connectivity index (χ2v) is 5.25. The highest BCUT2D eigenvalue weighted by Gasteiger charge is 2.08. The number of hydrogen-bond acceptors (Lipinski definition) is 5. The summed E-state index contributed by atoms with van der Waals surface area (Å²) in [4.78, 5) is 19.1. The van der Waals surface area contributed by atoms with Gasteiger partial charge in [0.05, 0.1) is 28.6 Å². The van der Waals surface area contributed by atoms with Crippen LogP contribution >= 0.6 is 22.7 Å². The van der Waals surface area contributed by atoms with Gasteiger partial charge in [0, 0.05) is 16.5 Å². The molecule has 0 aromatic carbocycles. The van der Waals surface area contributed by atoms with Crippen LogP contribution in [0.3, 0.4) is 0 Å². The van der Waals surface area contributed by atoms with Gasteiger partial charge in [-0.05, 0) is 6.92 Å². The Bertz CT molecular complexity index is 504. The lowest BCUT2D eigenvalue weighted by Gasteiger charge is -1.90. The van der Waals surface area contributed by atoms with Crippen LogP contribution in [0.1, 0.15) is 21.4 Å². The molecule has 0 aliphatic carbocycles. The predicted molar refractivity (Wildman–Crippen MR) is 63.1 cm³/mol. The Morgan fingerprint density at radius 2 is 2.00 bits per heavy atom. The molecule has 0 fully saturated rings. The largest absolute Gasteiger partial charge is 0.481 e. The molecule has 2 aromatic rings. The summed E-state index contributed by atoms with van der Waals surface area (Å²) < 4.78 is 0. The van der Waals surface area contributed by atoms with Gasteiger partial charge in [-0.15, -0.1) is 22.7 Å². The Balaban J connectivity index is 2.05. The molecule has 16 heavy (non-hydrogen) atoms. The maximum atomic E-state index is 10.5. The minimum absolute atomic E-state index is 0.00655. The first-order valence-corrected chi connectivity index (χ1v) is 6.45. The van der Waals surface area contributed by atoms with Gasteiger partial charge in [0.15, 0.2) is 0 Å². The van der Waals surface area contributed by atoms with Gasteiger partial charge in [-0.1, -0.05) is 0 Å². The van der Waals surface area contributed by atoms with Crippen molar-refractivity contribution in [3.05, 3.63) is 32.2 Å². The molecular formula is C10H10N2O2S2. The van der Waals surface area contributed by atoms with Gasteiger partial charge in [-0.25, -0.2) is 9.97 Å². The van der Waals surface area contributed by atoms with Gasteiger partial charge < -0.3 is 5.11 Å². The Kier molecular flexibility index (Phi) is 3.31. The van der Waals surface area contributed by atoms with Crippen LogP contribution in [0.2, 0.25) is 0 Å². The molecule has 0 radical (unpaired) electrons. The summed E-state index contributed by atoms with van der Waals surface area (Å²) in [5.41, 5.74) is 1.64. The summed E-state index contributed by atoms with van der Waals surface area (Å²) in [7, 11) is 0. The number of rotatable bonds is 4. The molecule has 0 spiro atoms. The van der Waals surface area contributed by atoms with Crippen LogP contribution in [0.5, 0.6) is 0 Å². The zero-order valence-corrected chi connectivity index (χ0v) is 10.3. The number of carbonyl (C=O) groups is 1. The van der Waals surface area contributed by atoms with Crippen LogP contribution in [-0.4, -0.2) is 21.0 Å². The molecule has 0 atom stereocenters. The molecule has 6 heteroatoms. The van der Waals surface area contributed by atoms with Gasteiger partial charge in [-0.2, -0.15) is 0 Å². The van der Waals surface area contributed by atoms with Crippen LogP contribution < -0.4 is 0 Å². The normalized spacial score (nSPS) is 10.6. The van der Waals surface area contributed by atoms with Gasteiger partial charge in [-0.3, -0.25) is 4.79 Å². The fourth-order valence-corrected chi connectivity index (χ4v) is 2.95. The van der Waals surface area contributed by atoms with E-state index in [0.29, 0.717) is 12.1 Å². The second kappa shape index (κ2) is 4.71. The minimum Gasteiger partial charge on any atom is -0.481 e. The van der Waals surface area contributed by atoms with E-state index in [1.165, 1.54) is 11.3 Å². The molecule has 4 nitrogen and oxygen atoms in total. The number of aliphatic carboxylic acids is 1. The monoisotopic (exact) mass is 254 g/mol. The molecule has 0 saturated carbocycles. The van der Waals surface area contributed by atoms with Crippen LogP contribution in [-0.2, 0) is 17.6 Å². The maximum absolute atomic E-state index is 10.5. The van der Waals surface area contributed by atoms with E-state index in [1.54, 1.807) is 16.7 Å². The summed E-state index contributed by atoms with van der Waals surface area (Å²) >= 11 is 3.09. The molecule has 0 unspecified atom stereocenters. The number of hydrogen-bond donors (Lipinski definition) is 1. The van der Waals surface area contributed by atoms with Crippen molar-refractivity contribution in [2.45, 2.75) is 19.8 Å². The third-order valence-corrected chi connectivity index (χ3v) is 3.76. The van der Waals surface area contributed by atoms with Crippen molar-refractivity contribution in [2.75, 3.05) is 0 Å². The van der Waals surface area contributed by atoms with Crippen molar-refractivity contribution < 1.29 is 9.90 Å². The molecular weight excluding hydrogens is 244 g/mol. The molecule has 2 heterocycles.